The molecule has 0 spiro atoms. The molecule has 1 amide bonds. The monoisotopic (exact) mass is 359 g/mol. The van der Waals surface area contributed by atoms with E-state index < -0.39 is 24.2 Å². The molecule has 2 rings (SSSR count). The SMILES string of the molecule is COc1ccc(C(=O)OCC(=O)c2ccc(CNC(C)=O)cc2)c(F)c1. The summed E-state index contributed by atoms with van der Waals surface area (Å²) < 4.78 is 23.6. The van der Waals surface area contributed by atoms with Crippen LogP contribution in [0.5, 0.6) is 5.75 Å². The summed E-state index contributed by atoms with van der Waals surface area (Å²) in [4.78, 5) is 34.9. The molecule has 0 bridgehead atoms. The van der Waals surface area contributed by atoms with Crippen LogP contribution in [0.2, 0.25) is 0 Å². The highest BCUT2D eigenvalue weighted by atomic mass is 19.1. The third kappa shape index (κ3) is 5.14. The molecule has 26 heavy (non-hydrogen) atoms. The number of carbonyl (C=O) groups is 3. The lowest BCUT2D eigenvalue weighted by Crippen LogP contribution is -2.19. The summed E-state index contributed by atoms with van der Waals surface area (Å²) in [6.07, 6.45) is 0. The van der Waals surface area contributed by atoms with Gasteiger partial charge in [-0.25, -0.2) is 9.18 Å². The van der Waals surface area contributed by atoms with Crippen LogP contribution in [-0.2, 0) is 16.1 Å². The van der Waals surface area contributed by atoms with Gasteiger partial charge in [-0.1, -0.05) is 24.3 Å². The van der Waals surface area contributed by atoms with Crippen LogP contribution in [-0.4, -0.2) is 31.4 Å². The molecule has 0 saturated heterocycles. The molecule has 2 aromatic carbocycles. The Morgan fingerprint density at radius 2 is 1.77 bits per heavy atom. The van der Waals surface area contributed by atoms with Gasteiger partial charge in [0.1, 0.15) is 11.6 Å². The first-order valence-electron chi connectivity index (χ1n) is 7.78. The minimum atomic E-state index is -0.930. The van der Waals surface area contributed by atoms with E-state index in [1.165, 1.54) is 26.2 Å². The van der Waals surface area contributed by atoms with Crippen molar-refractivity contribution >= 4 is 17.7 Å². The highest BCUT2D eigenvalue weighted by Gasteiger charge is 2.16. The van der Waals surface area contributed by atoms with Gasteiger partial charge in [-0.3, -0.25) is 9.59 Å². The maximum Gasteiger partial charge on any atom is 0.341 e. The number of amides is 1. The zero-order valence-electron chi connectivity index (χ0n) is 14.4. The summed E-state index contributed by atoms with van der Waals surface area (Å²) in [5.41, 5.74) is 0.901. The maximum absolute atomic E-state index is 13.8. The average Bonchev–Trinajstić information content (AvgIpc) is 2.64. The normalized spacial score (nSPS) is 10.1. The predicted octanol–water partition coefficient (Wildman–Crippen LogP) is 2.51. The van der Waals surface area contributed by atoms with Gasteiger partial charge in [0.15, 0.2) is 12.4 Å². The van der Waals surface area contributed by atoms with Crippen molar-refractivity contribution in [2.24, 2.45) is 0 Å². The van der Waals surface area contributed by atoms with E-state index in [0.29, 0.717) is 12.1 Å². The maximum atomic E-state index is 13.8. The molecule has 0 aliphatic rings. The summed E-state index contributed by atoms with van der Waals surface area (Å²) in [5.74, 6) is -2.01. The number of carbonyl (C=O) groups excluding carboxylic acids is 3. The highest BCUT2D eigenvalue weighted by Crippen LogP contribution is 2.17. The van der Waals surface area contributed by atoms with Crippen molar-refractivity contribution in [2.45, 2.75) is 13.5 Å². The summed E-state index contributed by atoms with van der Waals surface area (Å²) in [6.45, 7) is 1.27. The number of ether oxygens (including phenoxy) is 2. The van der Waals surface area contributed by atoms with Crippen LogP contribution in [0.15, 0.2) is 42.5 Å². The number of rotatable bonds is 7. The van der Waals surface area contributed by atoms with Crippen molar-refractivity contribution in [1.82, 2.24) is 5.32 Å². The summed E-state index contributed by atoms with van der Waals surface area (Å²) in [5, 5.41) is 2.64. The standard InChI is InChI=1S/C19H18FNO5/c1-12(22)21-10-13-3-5-14(6-4-13)18(23)11-26-19(24)16-8-7-15(25-2)9-17(16)20/h3-9H,10-11H2,1-2H3,(H,21,22). The summed E-state index contributed by atoms with van der Waals surface area (Å²) >= 11 is 0. The van der Waals surface area contributed by atoms with Gasteiger partial charge >= 0.3 is 5.97 Å². The van der Waals surface area contributed by atoms with Gasteiger partial charge in [0.05, 0.1) is 12.7 Å². The fourth-order valence-electron chi connectivity index (χ4n) is 2.12. The van der Waals surface area contributed by atoms with E-state index in [9.17, 15) is 18.8 Å². The van der Waals surface area contributed by atoms with E-state index in [-0.39, 0.29) is 17.2 Å². The van der Waals surface area contributed by atoms with E-state index >= 15 is 0 Å². The molecule has 0 unspecified atom stereocenters. The van der Waals surface area contributed by atoms with Crippen molar-refractivity contribution in [2.75, 3.05) is 13.7 Å². The lowest BCUT2D eigenvalue weighted by atomic mass is 10.1. The quantitative estimate of drug-likeness (QED) is 0.607. The largest absolute Gasteiger partial charge is 0.497 e. The van der Waals surface area contributed by atoms with Crippen LogP contribution in [0.25, 0.3) is 0 Å². The molecule has 0 atom stereocenters. The minimum Gasteiger partial charge on any atom is -0.497 e. The fraction of sp³-hybridized carbons (Fsp3) is 0.211. The Labute approximate surface area is 149 Å². The number of halogens is 1. The molecule has 0 aliphatic heterocycles. The van der Waals surface area contributed by atoms with Gasteiger partial charge in [-0.2, -0.15) is 0 Å². The third-order valence-electron chi connectivity index (χ3n) is 3.55. The Morgan fingerprint density at radius 3 is 2.35 bits per heavy atom. The molecule has 0 fully saturated rings. The second kappa shape index (κ2) is 8.75. The van der Waals surface area contributed by atoms with Gasteiger partial charge < -0.3 is 14.8 Å². The first-order valence-corrected chi connectivity index (χ1v) is 7.78. The number of ketones is 1. The minimum absolute atomic E-state index is 0.150. The Bertz CT molecular complexity index is 817. The van der Waals surface area contributed by atoms with Crippen molar-refractivity contribution < 1.29 is 28.2 Å². The molecule has 0 radical (unpaired) electrons. The van der Waals surface area contributed by atoms with Crippen LogP contribution >= 0.6 is 0 Å². The molecule has 0 heterocycles. The first-order chi connectivity index (χ1) is 12.4. The number of hydrogen-bond acceptors (Lipinski definition) is 5. The van der Waals surface area contributed by atoms with Gasteiger partial charge in [-0.05, 0) is 17.7 Å². The zero-order chi connectivity index (χ0) is 19.1. The topological polar surface area (TPSA) is 81.7 Å². The van der Waals surface area contributed by atoms with Gasteiger partial charge in [0, 0.05) is 25.1 Å². The molecule has 2 aromatic rings. The Balaban J connectivity index is 1.93. The molecule has 0 saturated carbocycles. The number of Topliss-reactive ketones (excluding diaryl/α,β-unsaturated/α-hetero) is 1. The molecule has 6 nitrogen and oxygen atoms in total. The predicted molar refractivity (Wildman–Crippen MR) is 91.5 cm³/mol. The van der Waals surface area contributed by atoms with Crippen molar-refractivity contribution in [3.8, 4) is 5.75 Å². The van der Waals surface area contributed by atoms with Crippen LogP contribution in [0.3, 0.4) is 0 Å². The molecular weight excluding hydrogens is 341 g/mol. The van der Waals surface area contributed by atoms with E-state index in [1.54, 1.807) is 24.3 Å². The lowest BCUT2D eigenvalue weighted by molar-refractivity contribution is -0.119. The van der Waals surface area contributed by atoms with E-state index in [2.05, 4.69) is 5.32 Å². The fourth-order valence-corrected chi connectivity index (χ4v) is 2.12. The van der Waals surface area contributed by atoms with Gasteiger partial charge in [-0.15, -0.1) is 0 Å². The van der Waals surface area contributed by atoms with Crippen molar-refractivity contribution in [3.63, 3.8) is 0 Å². The van der Waals surface area contributed by atoms with E-state index in [4.69, 9.17) is 9.47 Å². The third-order valence-corrected chi connectivity index (χ3v) is 3.55. The number of benzene rings is 2. The van der Waals surface area contributed by atoms with Crippen LogP contribution in [0.1, 0.15) is 33.2 Å². The Morgan fingerprint density at radius 1 is 1.08 bits per heavy atom. The Hall–Kier alpha value is -3.22. The molecule has 0 aromatic heterocycles. The van der Waals surface area contributed by atoms with Crippen LogP contribution in [0.4, 0.5) is 4.39 Å². The summed E-state index contributed by atoms with van der Waals surface area (Å²) in [7, 11) is 1.38. The Kier molecular flexibility index (Phi) is 6.43. The van der Waals surface area contributed by atoms with Gasteiger partial charge in [0.25, 0.3) is 0 Å². The second-order valence-corrected chi connectivity index (χ2v) is 5.45. The van der Waals surface area contributed by atoms with Gasteiger partial charge in [0.2, 0.25) is 5.91 Å². The zero-order valence-corrected chi connectivity index (χ0v) is 14.4. The average molecular weight is 359 g/mol. The molecule has 1 N–H and O–H groups in total. The van der Waals surface area contributed by atoms with Crippen molar-refractivity contribution in [3.05, 3.63) is 65.0 Å². The molecule has 7 heteroatoms. The summed E-state index contributed by atoms with van der Waals surface area (Å²) in [6, 6.07) is 10.2. The second-order valence-electron chi connectivity index (χ2n) is 5.45. The number of methoxy groups -OCH3 is 1. The lowest BCUT2D eigenvalue weighted by Gasteiger charge is -2.07. The van der Waals surface area contributed by atoms with E-state index in [0.717, 1.165) is 11.6 Å². The van der Waals surface area contributed by atoms with Crippen molar-refractivity contribution in [1.29, 1.82) is 0 Å². The number of nitrogens with one attached hydrogen (secondary N) is 1. The van der Waals surface area contributed by atoms with Crippen LogP contribution in [0, 0.1) is 5.82 Å². The molecular formula is C19H18FNO5. The first kappa shape index (κ1) is 19.1. The molecule has 0 aliphatic carbocycles. The molecule has 136 valence electrons. The van der Waals surface area contributed by atoms with E-state index in [1.807, 2.05) is 0 Å². The van der Waals surface area contributed by atoms with Crippen LogP contribution < -0.4 is 10.1 Å². The number of esters is 1. The highest BCUT2D eigenvalue weighted by molar-refractivity contribution is 5.99. The smallest absolute Gasteiger partial charge is 0.341 e. The number of hydrogen-bond donors (Lipinski definition) is 1.